The van der Waals surface area contributed by atoms with Crippen molar-refractivity contribution in [2.75, 3.05) is 45.9 Å². The molecule has 1 amide bonds. The third kappa shape index (κ3) is 4.76. The van der Waals surface area contributed by atoms with Crippen LogP contribution in [0.25, 0.3) is 0 Å². The van der Waals surface area contributed by atoms with Crippen LogP contribution in [-0.4, -0.2) is 66.7 Å². The van der Waals surface area contributed by atoms with E-state index in [0.717, 1.165) is 32.7 Å². The maximum atomic E-state index is 10.6. The second-order valence-corrected chi connectivity index (χ2v) is 3.31. The zero-order valence-electron chi connectivity index (χ0n) is 8.19. The molecule has 1 heterocycles. The van der Waals surface area contributed by atoms with E-state index in [1.54, 1.807) is 0 Å². The molecule has 0 aromatic rings. The lowest BCUT2D eigenvalue weighted by atomic mass is 10.3. The first-order valence-electron chi connectivity index (χ1n) is 4.56. The number of carbonyl (C=O) groups is 1. The molecule has 0 radical (unpaired) electrons. The highest BCUT2D eigenvalue weighted by Crippen LogP contribution is 1.99. The number of aliphatic hydroxyl groups excluding tert-OH is 1. The van der Waals surface area contributed by atoms with Crippen LogP contribution in [0.4, 0.5) is 0 Å². The molecule has 0 unspecified atom stereocenters. The Bertz CT molecular complexity index is 172. The van der Waals surface area contributed by atoms with Crippen molar-refractivity contribution < 1.29 is 9.90 Å². The van der Waals surface area contributed by atoms with Crippen LogP contribution in [0.15, 0.2) is 0 Å². The first-order valence-corrected chi connectivity index (χ1v) is 4.56. The maximum absolute atomic E-state index is 10.6. The van der Waals surface area contributed by atoms with E-state index in [4.69, 9.17) is 10.8 Å². The van der Waals surface area contributed by atoms with Crippen LogP contribution in [0.2, 0.25) is 0 Å². The number of carbonyl (C=O) groups excluding carboxylic acids is 1. The van der Waals surface area contributed by atoms with E-state index in [1.165, 1.54) is 0 Å². The molecule has 0 saturated carbocycles. The Morgan fingerprint density at radius 1 is 1.21 bits per heavy atom. The zero-order chi connectivity index (χ0) is 9.68. The summed E-state index contributed by atoms with van der Waals surface area (Å²) >= 11 is 0. The topological polar surface area (TPSA) is 69.8 Å². The van der Waals surface area contributed by atoms with Crippen LogP contribution in [0.1, 0.15) is 0 Å². The van der Waals surface area contributed by atoms with E-state index >= 15 is 0 Å². The number of primary amides is 1. The minimum absolute atomic E-state index is 0. The maximum Gasteiger partial charge on any atom is 0.231 e. The lowest BCUT2D eigenvalue weighted by molar-refractivity contribution is -0.119. The van der Waals surface area contributed by atoms with Gasteiger partial charge in [0.2, 0.25) is 5.91 Å². The number of nitrogens with two attached hydrogens (primary N) is 1. The Labute approximate surface area is 90.3 Å². The summed E-state index contributed by atoms with van der Waals surface area (Å²) in [7, 11) is 0. The molecule has 6 heteroatoms. The van der Waals surface area contributed by atoms with E-state index < -0.39 is 0 Å². The van der Waals surface area contributed by atoms with Gasteiger partial charge in [-0.15, -0.1) is 12.4 Å². The fourth-order valence-corrected chi connectivity index (χ4v) is 1.53. The van der Waals surface area contributed by atoms with Gasteiger partial charge in [-0.2, -0.15) is 0 Å². The fourth-order valence-electron chi connectivity index (χ4n) is 1.53. The summed E-state index contributed by atoms with van der Waals surface area (Å²) in [4.78, 5) is 14.8. The van der Waals surface area contributed by atoms with Gasteiger partial charge in [0.05, 0.1) is 13.2 Å². The van der Waals surface area contributed by atoms with Crippen molar-refractivity contribution in [3.63, 3.8) is 0 Å². The predicted octanol–water partition coefficient (Wildman–Crippen LogP) is -1.50. The SMILES string of the molecule is Cl.NC(=O)CN1CCN(CCO)CC1. The van der Waals surface area contributed by atoms with Gasteiger partial charge >= 0.3 is 0 Å². The van der Waals surface area contributed by atoms with E-state index in [9.17, 15) is 4.79 Å². The third-order valence-electron chi connectivity index (χ3n) is 2.26. The van der Waals surface area contributed by atoms with Gasteiger partial charge in [-0.1, -0.05) is 0 Å². The van der Waals surface area contributed by atoms with E-state index in [1.807, 2.05) is 4.90 Å². The van der Waals surface area contributed by atoms with Crippen LogP contribution in [0.5, 0.6) is 0 Å². The minimum Gasteiger partial charge on any atom is -0.395 e. The minimum atomic E-state index is -0.268. The molecule has 0 aromatic heterocycles. The number of hydrogen-bond acceptors (Lipinski definition) is 4. The standard InChI is InChI=1S/C8H17N3O2.ClH/c9-8(13)7-11-3-1-10(2-4-11)5-6-12;/h12H,1-7H2,(H2,9,13);1H. The van der Waals surface area contributed by atoms with Crippen LogP contribution in [0, 0.1) is 0 Å². The molecule has 0 aliphatic carbocycles. The van der Waals surface area contributed by atoms with Gasteiger partial charge in [-0.05, 0) is 0 Å². The Kier molecular flexibility index (Phi) is 6.82. The summed E-state index contributed by atoms with van der Waals surface area (Å²) < 4.78 is 0. The third-order valence-corrected chi connectivity index (χ3v) is 2.26. The van der Waals surface area contributed by atoms with Crippen molar-refractivity contribution in [3.8, 4) is 0 Å². The number of hydrogen-bond donors (Lipinski definition) is 2. The lowest BCUT2D eigenvalue weighted by Crippen LogP contribution is -2.49. The van der Waals surface area contributed by atoms with Crippen LogP contribution in [0.3, 0.4) is 0 Å². The second-order valence-electron chi connectivity index (χ2n) is 3.31. The first kappa shape index (κ1) is 13.6. The number of halogens is 1. The summed E-state index contributed by atoms with van der Waals surface area (Å²) in [5.41, 5.74) is 5.08. The monoisotopic (exact) mass is 223 g/mol. The Balaban J connectivity index is 0.00000169. The number of β-amino-alcohol motifs (C(OH)–C–C–N with tert-alkyl or cyclic N) is 1. The highest BCUT2D eigenvalue weighted by Gasteiger charge is 2.16. The quantitative estimate of drug-likeness (QED) is 0.609. The molecule has 84 valence electrons. The second kappa shape index (κ2) is 7.00. The van der Waals surface area contributed by atoms with E-state index in [0.29, 0.717) is 6.54 Å². The van der Waals surface area contributed by atoms with Gasteiger partial charge in [0.15, 0.2) is 0 Å². The van der Waals surface area contributed by atoms with Gasteiger partial charge in [0.1, 0.15) is 0 Å². The molecule has 3 N–H and O–H groups in total. The molecule has 1 rings (SSSR count). The van der Waals surface area contributed by atoms with E-state index in [2.05, 4.69) is 4.90 Å². The average molecular weight is 224 g/mol. The Hall–Kier alpha value is -0.360. The summed E-state index contributed by atoms with van der Waals surface area (Å²) in [6.45, 7) is 4.83. The van der Waals surface area contributed by atoms with Crippen molar-refractivity contribution in [2.45, 2.75) is 0 Å². The Morgan fingerprint density at radius 3 is 2.14 bits per heavy atom. The van der Waals surface area contributed by atoms with Crippen molar-refractivity contribution >= 4 is 18.3 Å². The van der Waals surface area contributed by atoms with Crippen LogP contribution in [-0.2, 0) is 4.79 Å². The predicted molar refractivity (Wildman–Crippen MR) is 56.4 cm³/mol. The molecule has 0 aromatic carbocycles. The lowest BCUT2D eigenvalue weighted by Gasteiger charge is -2.33. The highest BCUT2D eigenvalue weighted by atomic mass is 35.5. The van der Waals surface area contributed by atoms with Crippen LogP contribution < -0.4 is 5.73 Å². The Morgan fingerprint density at radius 2 is 1.71 bits per heavy atom. The van der Waals surface area contributed by atoms with Gasteiger partial charge in [0.25, 0.3) is 0 Å². The number of piperazine rings is 1. The van der Waals surface area contributed by atoms with Gasteiger partial charge in [-0.3, -0.25) is 14.6 Å². The summed E-state index contributed by atoms with van der Waals surface area (Å²) in [6, 6.07) is 0. The first-order chi connectivity index (χ1) is 6.22. The summed E-state index contributed by atoms with van der Waals surface area (Å²) in [6.07, 6.45) is 0. The number of nitrogens with zero attached hydrogens (tertiary/aromatic N) is 2. The van der Waals surface area contributed by atoms with E-state index in [-0.39, 0.29) is 24.9 Å². The molecule has 0 bridgehead atoms. The molecule has 0 atom stereocenters. The number of amides is 1. The van der Waals surface area contributed by atoms with Crippen LogP contribution >= 0.6 is 12.4 Å². The van der Waals surface area contributed by atoms with Crippen molar-refractivity contribution in [3.05, 3.63) is 0 Å². The summed E-state index contributed by atoms with van der Waals surface area (Å²) in [5.74, 6) is -0.268. The average Bonchev–Trinajstić information content (AvgIpc) is 2.08. The number of rotatable bonds is 4. The normalized spacial score (nSPS) is 18.9. The molecule has 1 fully saturated rings. The molecule has 0 spiro atoms. The molecule has 5 nitrogen and oxygen atoms in total. The number of aliphatic hydroxyl groups is 1. The smallest absolute Gasteiger partial charge is 0.231 e. The van der Waals surface area contributed by atoms with Gasteiger partial charge < -0.3 is 10.8 Å². The highest BCUT2D eigenvalue weighted by molar-refractivity contribution is 5.85. The summed E-state index contributed by atoms with van der Waals surface area (Å²) in [5, 5.41) is 8.70. The molecule has 1 aliphatic rings. The zero-order valence-corrected chi connectivity index (χ0v) is 9.00. The van der Waals surface area contributed by atoms with Crippen molar-refractivity contribution in [2.24, 2.45) is 5.73 Å². The molecule has 1 aliphatic heterocycles. The molecular weight excluding hydrogens is 206 g/mol. The fraction of sp³-hybridized carbons (Fsp3) is 0.875. The molecule has 1 saturated heterocycles. The van der Waals surface area contributed by atoms with Gasteiger partial charge in [0, 0.05) is 32.7 Å². The van der Waals surface area contributed by atoms with Gasteiger partial charge in [-0.25, -0.2) is 0 Å². The molecule has 14 heavy (non-hydrogen) atoms. The van der Waals surface area contributed by atoms with Crippen molar-refractivity contribution in [1.82, 2.24) is 9.80 Å². The van der Waals surface area contributed by atoms with Crippen molar-refractivity contribution in [1.29, 1.82) is 0 Å². The molecular formula is C8H18ClN3O2. The largest absolute Gasteiger partial charge is 0.395 e.